The number of anilines is 1. The summed E-state index contributed by atoms with van der Waals surface area (Å²) in [5, 5.41) is 0. The van der Waals surface area contributed by atoms with Crippen LogP contribution >= 0.6 is 0 Å². The number of pyridine rings is 2. The van der Waals surface area contributed by atoms with Crippen molar-refractivity contribution in [2.45, 2.75) is 13.0 Å². The Balaban J connectivity index is 1.71. The fourth-order valence-electron chi connectivity index (χ4n) is 2.91. The van der Waals surface area contributed by atoms with Gasteiger partial charge in [0.05, 0.1) is 24.3 Å². The number of rotatable bonds is 3. The molecule has 0 saturated heterocycles. The average Bonchev–Trinajstić information content (AvgIpc) is 2.93. The van der Waals surface area contributed by atoms with Crippen LogP contribution in [-0.2, 0) is 17.8 Å². The number of aromatic nitrogens is 2. The van der Waals surface area contributed by atoms with Crippen LogP contribution in [0.3, 0.4) is 0 Å². The van der Waals surface area contributed by atoms with Gasteiger partial charge >= 0.3 is 0 Å². The second-order valence-electron chi connectivity index (χ2n) is 5.84. The van der Waals surface area contributed by atoms with Crippen molar-refractivity contribution in [3.8, 4) is 11.1 Å². The van der Waals surface area contributed by atoms with Crippen LogP contribution in [0.5, 0.6) is 0 Å². The molecule has 1 amide bonds. The number of benzene rings is 1. The van der Waals surface area contributed by atoms with E-state index in [4.69, 9.17) is 0 Å². The summed E-state index contributed by atoms with van der Waals surface area (Å²) in [5.74, 6) is -1.86. The van der Waals surface area contributed by atoms with Crippen LogP contribution in [0.4, 0.5) is 14.5 Å². The summed E-state index contributed by atoms with van der Waals surface area (Å²) in [6.45, 7) is 0.391. The summed E-state index contributed by atoms with van der Waals surface area (Å²) in [4.78, 5) is 22.4. The highest BCUT2D eigenvalue weighted by atomic mass is 19.2. The van der Waals surface area contributed by atoms with E-state index in [1.54, 1.807) is 29.6 Å². The molecular formula is C19H13F2N3O. The molecule has 0 fully saturated rings. The summed E-state index contributed by atoms with van der Waals surface area (Å²) in [5.41, 5.74) is 3.41. The lowest BCUT2D eigenvalue weighted by Crippen LogP contribution is -2.26. The van der Waals surface area contributed by atoms with Gasteiger partial charge in [0.1, 0.15) is 0 Å². The Morgan fingerprint density at radius 3 is 2.68 bits per heavy atom. The summed E-state index contributed by atoms with van der Waals surface area (Å²) in [7, 11) is 0. The summed E-state index contributed by atoms with van der Waals surface area (Å²) < 4.78 is 26.6. The van der Waals surface area contributed by atoms with Crippen molar-refractivity contribution in [3.63, 3.8) is 0 Å². The molecule has 1 aromatic carbocycles. The topological polar surface area (TPSA) is 46.1 Å². The van der Waals surface area contributed by atoms with Crippen LogP contribution < -0.4 is 4.90 Å². The van der Waals surface area contributed by atoms with Crippen molar-refractivity contribution in [2.75, 3.05) is 4.90 Å². The number of fused-ring (bicyclic) bond motifs is 1. The molecule has 3 heterocycles. The Kier molecular flexibility index (Phi) is 3.72. The van der Waals surface area contributed by atoms with Gasteiger partial charge in [-0.15, -0.1) is 0 Å². The summed E-state index contributed by atoms with van der Waals surface area (Å²) >= 11 is 0. The lowest BCUT2D eigenvalue weighted by molar-refractivity contribution is -0.117. The maximum Gasteiger partial charge on any atom is 0.233 e. The second-order valence-corrected chi connectivity index (χ2v) is 5.84. The average molecular weight is 337 g/mol. The lowest BCUT2D eigenvalue weighted by Gasteiger charge is -2.17. The number of halogens is 2. The van der Waals surface area contributed by atoms with E-state index in [2.05, 4.69) is 9.97 Å². The zero-order valence-electron chi connectivity index (χ0n) is 13.1. The van der Waals surface area contributed by atoms with Crippen LogP contribution in [-0.4, -0.2) is 15.9 Å². The van der Waals surface area contributed by atoms with E-state index in [1.807, 2.05) is 12.1 Å². The van der Waals surface area contributed by atoms with Gasteiger partial charge in [0.25, 0.3) is 0 Å². The SMILES string of the molecule is O=C1Cc2ncc(-c3ccc(F)c(F)c3)cc2N1Cc1cccnc1. The standard InChI is InChI=1S/C19H13F2N3O/c20-15-4-3-13(6-16(15)21)14-7-18-17(23-10-14)8-19(25)24(18)11-12-2-1-5-22-9-12/h1-7,9-10H,8,11H2. The van der Waals surface area contributed by atoms with E-state index in [-0.39, 0.29) is 12.3 Å². The van der Waals surface area contributed by atoms with Gasteiger partial charge in [0.15, 0.2) is 11.6 Å². The molecule has 0 unspecified atom stereocenters. The number of hydrogen-bond acceptors (Lipinski definition) is 3. The Labute approximate surface area is 142 Å². The third-order valence-corrected chi connectivity index (χ3v) is 4.17. The zero-order valence-corrected chi connectivity index (χ0v) is 13.1. The van der Waals surface area contributed by atoms with E-state index in [1.165, 1.54) is 6.07 Å². The molecule has 3 aromatic rings. The Bertz CT molecular complexity index is 960. The minimum absolute atomic E-state index is 0.0474. The molecule has 0 bridgehead atoms. The number of amides is 1. The maximum absolute atomic E-state index is 13.5. The predicted octanol–water partition coefficient (Wildman–Crippen LogP) is 3.51. The van der Waals surface area contributed by atoms with E-state index >= 15 is 0 Å². The number of carbonyl (C=O) groups is 1. The first-order chi connectivity index (χ1) is 12.1. The van der Waals surface area contributed by atoms with E-state index < -0.39 is 11.6 Å². The van der Waals surface area contributed by atoms with Crippen molar-refractivity contribution < 1.29 is 13.6 Å². The molecule has 0 N–H and O–H groups in total. The molecule has 1 aliphatic heterocycles. The highest BCUT2D eigenvalue weighted by Gasteiger charge is 2.29. The van der Waals surface area contributed by atoms with Crippen LogP contribution in [0.1, 0.15) is 11.3 Å². The minimum Gasteiger partial charge on any atom is -0.306 e. The first-order valence-electron chi connectivity index (χ1n) is 7.75. The van der Waals surface area contributed by atoms with Crippen LogP contribution in [0.2, 0.25) is 0 Å². The number of carbonyl (C=O) groups excluding carboxylic acids is 1. The van der Waals surface area contributed by atoms with Gasteiger partial charge in [-0.25, -0.2) is 8.78 Å². The fourth-order valence-corrected chi connectivity index (χ4v) is 2.91. The summed E-state index contributed by atoms with van der Waals surface area (Å²) in [6.07, 6.45) is 5.18. The normalized spacial score (nSPS) is 13.2. The second kappa shape index (κ2) is 6.05. The molecule has 0 saturated carbocycles. The quantitative estimate of drug-likeness (QED) is 0.735. The molecule has 4 rings (SSSR count). The van der Waals surface area contributed by atoms with Gasteiger partial charge in [-0.3, -0.25) is 14.8 Å². The van der Waals surface area contributed by atoms with E-state index in [9.17, 15) is 13.6 Å². The van der Waals surface area contributed by atoms with E-state index in [0.717, 1.165) is 17.7 Å². The van der Waals surface area contributed by atoms with Crippen molar-refractivity contribution in [3.05, 3.63) is 77.9 Å². The fraction of sp³-hybridized carbons (Fsp3) is 0.105. The lowest BCUT2D eigenvalue weighted by atomic mass is 10.1. The molecular weight excluding hydrogens is 324 g/mol. The van der Waals surface area contributed by atoms with E-state index in [0.29, 0.717) is 29.1 Å². The first kappa shape index (κ1) is 15.4. The smallest absolute Gasteiger partial charge is 0.233 e. The van der Waals surface area contributed by atoms with Crippen molar-refractivity contribution in [1.29, 1.82) is 0 Å². The monoisotopic (exact) mass is 337 g/mol. The molecule has 0 spiro atoms. The zero-order chi connectivity index (χ0) is 17.4. The molecule has 2 aromatic heterocycles. The molecule has 0 atom stereocenters. The Morgan fingerprint density at radius 1 is 1.04 bits per heavy atom. The molecule has 0 aliphatic carbocycles. The highest BCUT2D eigenvalue weighted by Crippen LogP contribution is 2.33. The number of nitrogens with zero attached hydrogens (tertiary/aromatic N) is 3. The van der Waals surface area contributed by atoms with Gasteiger partial charge in [-0.2, -0.15) is 0 Å². The van der Waals surface area contributed by atoms with Crippen LogP contribution in [0, 0.1) is 11.6 Å². The van der Waals surface area contributed by atoms with Gasteiger partial charge in [-0.1, -0.05) is 12.1 Å². The van der Waals surface area contributed by atoms with Gasteiger partial charge in [0.2, 0.25) is 5.91 Å². The third-order valence-electron chi connectivity index (χ3n) is 4.17. The van der Waals surface area contributed by atoms with Gasteiger partial charge in [0, 0.05) is 24.2 Å². The van der Waals surface area contributed by atoms with Crippen molar-refractivity contribution in [2.24, 2.45) is 0 Å². The molecule has 0 radical (unpaired) electrons. The van der Waals surface area contributed by atoms with Gasteiger partial charge in [-0.05, 0) is 35.4 Å². The maximum atomic E-state index is 13.5. The first-order valence-corrected chi connectivity index (χ1v) is 7.75. The van der Waals surface area contributed by atoms with Crippen molar-refractivity contribution >= 4 is 11.6 Å². The minimum atomic E-state index is -0.915. The predicted molar refractivity (Wildman–Crippen MR) is 88.7 cm³/mol. The van der Waals surface area contributed by atoms with Crippen molar-refractivity contribution in [1.82, 2.24) is 9.97 Å². The summed E-state index contributed by atoms with van der Waals surface area (Å²) in [6, 6.07) is 9.19. The number of hydrogen-bond donors (Lipinski definition) is 0. The molecule has 25 heavy (non-hydrogen) atoms. The largest absolute Gasteiger partial charge is 0.306 e. The molecule has 124 valence electrons. The van der Waals surface area contributed by atoms with Crippen LogP contribution in [0.25, 0.3) is 11.1 Å². The molecule has 1 aliphatic rings. The Hall–Kier alpha value is -3.15. The van der Waals surface area contributed by atoms with Crippen LogP contribution in [0.15, 0.2) is 55.0 Å². The molecule has 4 nitrogen and oxygen atoms in total. The highest BCUT2D eigenvalue weighted by molar-refractivity contribution is 6.01. The van der Waals surface area contributed by atoms with Gasteiger partial charge < -0.3 is 4.90 Å². The third kappa shape index (κ3) is 2.87. The molecule has 6 heteroatoms. The Morgan fingerprint density at radius 2 is 1.92 bits per heavy atom.